The zero-order valence-corrected chi connectivity index (χ0v) is 21.2. The van der Waals surface area contributed by atoms with Gasteiger partial charge in [0.2, 0.25) is 0 Å². The number of fused-ring (bicyclic) bond motifs is 5. The van der Waals surface area contributed by atoms with E-state index in [9.17, 15) is 0 Å². The molecule has 0 unspecified atom stereocenters. The summed E-state index contributed by atoms with van der Waals surface area (Å²) < 4.78 is 6.40. The zero-order valence-electron chi connectivity index (χ0n) is 21.2. The van der Waals surface area contributed by atoms with Crippen LogP contribution in [-0.4, -0.2) is 0 Å². The van der Waals surface area contributed by atoms with Crippen LogP contribution in [0.25, 0.3) is 77.9 Å². The van der Waals surface area contributed by atoms with Crippen molar-refractivity contribution in [1.29, 1.82) is 0 Å². The van der Waals surface area contributed by atoms with Crippen molar-refractivity contribution < 1.29 is 4.42 Å². The molecule has 1 nitrogen and oxygen atoms in total. The van der Waals surface area contributed by atoms with Crippen LogP contribution in [-0.2, 0) is 0 Å². The highest BCUT2D eigenvalue weighted by Crippen LogP contribution is 2.45. The molecule has 0 fully saturated rings. The molecule has 0 aliphatic carbocycles. The number of hydrogen-bond donors (Lipinski definition) is 0. The van der Waals surface area contributed by atoms with E-state index in [1.165, 1.54) is 43.8 Å². The van der Waals surface area contributed by atoms with E-state index >= 15 is 0 Å². The molecule has 38 heavy (non-hydrogen) atoms. The second-order valence-electron chi connectivity index (χ2n) is 9.67. The fourth-order valence-corrected chi connectivity index (χ4v) is 5.92. The minimum atomic E-state index is 0.886. The van der Waals surface area contributed by atoms with Crippen molar-refractivity contribution in [3.63, 3.8) is 0 Å². The first-order valence-electron chi connectivity index (χ1n) is 13.0. The maximum Gasteiger partial charge on any atom is 0.143 e. The third-order valence-corrected chi connectivity index (χ3v) is 7.54. The summed E-state index contributed by atoms with van der Waals surface area (Å²) in [6.45, 7) is 6.09. The van der Waals surface area contributed by atoms with Gasteiger partial charge in [0.05, 0.1) is 0 Å². The van der Waals surface area contributed by atoms with Gasteiger partial charge in [0.25, 0.3) is 0 Å². The van der Waals surface area contributed by atoms with Crippen molar-refractivity contribution in [2.45, 2.75) is 6.92 Å². The Morgan fingerprint density at radius 1 is 0.579 bits per heavy atom. The van der Waals surface area contributed by atoms with Gasteiger partial charge in [-0.1, -0.05) is 116 Å². The van der Waals surface area contributed by atoms with Gasteiger partial charge in [-0.2, -0.15) is 0 Å². The molecule has 7 rings (SSSR count). The minimum Gasteiger partial charge on any atom is -0.455 e. The summed E-state index contributed by atoms with van der Waals surface area (Å²) >= 11 is 0. The third kappa shape index (κ3) is 3.33. The molecule has 0 amide bonds. The summed E-state index contributed by atoms with van der Waals surface area (Å²) in [4.78, 5) is 0. The SMILES string of the molecule is C=Cc1c(/C=C\C)ccc2c1oc1ccc(-c3c4ccccc4c(-c4ccccc4)c4ccccc34)cc12. The second-order valence-corrected chi connectivity index (χ2v) is 9.67. The lowest BCUT2D eigenvalue weighted by molar-refractivity contribution is 0.668. The Hall–Kier alpha value is -4.88. The quantitative estimate of drug-likeness (QED) is 0.225. The molecule has 0 saturated heterocycles. The van der Waals surface area contributed by atoms with Gasteiger partial charge in [-0.3, -0.25) is 0 Å². The number of benzene rings is 6. The Bertz CT molecular complexity index is 1980. The fourth-order valence-electron chi connectivity index (χ4n) is 5.92. The maximum atomic E-state index is 6.40. The number of rotatable bonds is 4. The average molecular weight is 487 g/mol. The van der Waals surface area contributed by atoms with E-state index in [4.69, 9.17) is 4.42 Å². The summed E-state index contributed by atoms with van der Waals surface area (Å²) in [6.07, 6.45) is 6.04. The Kier molecular flexibility index (Phi) is 5.23. The molecule has 0 N–H and O–H groups in total. The van der Waals surface area contributed by atoms with Crippen molar-refractivity contribution >= 4 is 55.6 Å². The molecule has 0 atom stereocenters. The summed E-state index contributed by atoms with van der Waals surface area (Å²) in [6, 6.07) is 39.2. The van der Waals surface area contributed by atoms with Crippen LogP contribution in [0, 0.1) is 0 Å². The topological polar surface area (TPSA) is 13.1 Å². The molecule has 1 heteroatoms. The Morgan fingerprint density at radius 2 is 1.18 bits per heavy atom. The number of hydrogen-bond acceptors (Lipinski definition) is 1. The second kappa shape index (κ2) is 8.90. The van der Waals surface area contributed by atoms with Gasteiger partial charge in [-0.15, -0.1) is 0 Å². The van der Waals surface area contributed by atoms with Gasteiger partial charge in [0.15, 0.2) is 0 Å². The van der Waals surface area contributed by atoms with Crippen LogP contribution < -0.4 is 0 Å². The van der Waals surface area contributed by atoms with E-state index in [0.717, 1.165) is 33.1 Å². The third-order valence-electron chi connectivity index (χ3n) is 7.54. The molecular weight excluding hydrogens is 460 g/mol. The Balaban J connectivity index is 1.57. The lowest BCUT2D eigenvalue weighted by atomic mass is 9.86. The molecule has 7 aromatic rings. The molecule has 0 bridgehead atoms. The van der Waals surface area contributed by atoms with E-state index in [1.54, 1.807) is 0 Å². The summed E-state index contributed by atoms with van der Waals surface area (Å²) in [5.41, 5.74) is 8.87. The highest BCUT2D eigenvalue weighted by Gasteiger charge is 2.18. The van der Waals surface area contributed by atoms with Crippen LogP contribution in [0.5, 0.6) is 0 Å². The molecule has 0 radical (unpaired) electrons. The predicted molar refractivity (Wildman–Crippen MR) is 164 cm³/mol. The van der Waals surface area contributed by atoms with Crippen LogP contribution in [0.3, 0.4) is 0 Å². The van der Waals surface area contributed by atoms with Crippen molar-refractivity contribution in [3.8, 4) is 22.3 Å². The summed E-state index contributed by atoms with van der Waals surface area (Å²) in [5, 5.41) is 7.25. The first kappa shape index (κ1) is 22.3. The molecule has 0 spiro atoms. The molecule has 6 aromatic carbocycles. The first-order valence-corrected chi connectivity index (χ1v) is 13.0. The van der Waals surface area contributed by atoms with Gasteiger partial charge in [-0.25, -0.2) is 0 Å². The lowest BCUT2D eigenvalue weighted by Crippen LogP contribution is -1.90. The van der Waals surface area contributed by atoms with Gasteiger partial charge in [0.1, 0.15) is 11.2 Å². The largest absolute Gasteiger partial charge is 0.455 e. The highest BCUT2D eigenvalue weighted by molar-refractivity contribution is 6.22. The molecule has 180 valence electrons. The van der Waals surface area contributed by atoms with E-state index in [0.29, 0.717) is 0 Å². The summed E-state index contributed by atoms with van der Waals surface area (Å²) in [7, 11) is 0. The summed E-state index contributed by atoms with van der Waals surface area (Å²) in [5.74, 6) is 0. The van der Waals surface area contributed by atoms with Crippen molar-refractivity contribution in [2.24, 2.45) is 0 Å². The predicted octanol–water partition coefficient (Wildman–Crippen LogP) is 10.9. The average Bonchev–Trinajstić information content (AvgIpc) is 3.34. The molecule has 1 aromatic heterocycles. The van der Waals surface area contributed by atoms with Crippen LogP contribution >= 0.6 is 0 Å². The van der Waals surface area contributed by atoms with E-state index < -0.39 is 0 Å². The van der Waals surface area contributed by atoms with Crippen LogP contribution in [0.2, 0.25) is 0 Å². The van der Waals surface area contributed by atoms with Crippen molar-refractivity contribution in [1.82, 2.24) is 0 Å². The van der Waals surface area contributed by atoms with Crippen LogP contribution in [0.4, 0.5) is 0 Å². The van der Waals surface area contributed by atoms with Gasteiger partial charge in [0, 0.05) is 16.3 Å². The number of allylic oxidation sites excluding steroid dienone is 1. The van der Waals surface area contributed by atoms with Crippen molar-refractivity contribution in [2.75, 3.05) is 0 Å². The highest BCUT2D eigenvalue weighted by atomic mass is 16.3. The molecule has 1 heterocycles. The standard InChI is InChI=1S/C37H26O/c1-3-12-24-19-21-32-33-23-26(20-22-34(33)38-37(32)27(24)4-2)36-30-17-10-8-15-28(30)35(25-13-6-5-7-14-25)29-16-9-11-18-31(29)36/h3-23H,2H2,1H3/b12-3-. The first-order chi connectivity index (χ1) is 18.8. The normalized spacial score (nSPS) is 11.8. The molecule has 0 aliphatic heterocycles. The van der Waals surface area contributed by atoms with Gasteiger partial charge in [-0.05, 0) is 74.5 Å². The maximum absolute atomic E-state index is 6.40. The molecule has 0 aliphatic rings. The Morgan fingerprint density at radius 3 is 1.79 bits per heavy atom. The monoisotopic (exact) mass is 486 g/mol. The molecule has 0 saturated carbocycles. The lowest BCUT2D eigenvalue weighted by Gasteiger charge is -2.17. The van der Waals surface area contributed by atoms with Gasteiger partial charge >= 0.3 is 0 Å². The molecular formula is C37H26O. The van der Waals surface area contributed by atoms with E-state index in [-0.39, 0.29) is 0 Å². The smallest absolute Gasteiger partial charge is 0.143 e. The number of furan rings is 1. The van der Waals surface area contributed by atoms with Crippen LogP contribution in [0.15, 0.2) is 126 Å². The van der Waals surface area contributed by atoms with E-state index in [2.05, 4.69) is 122 Å². The van der Waals surface area contributed by atoms with E-state index in [1.807, 2.05) is 19.1 Å². The fraction of sp³-hybridized carbons (Fsp3) is 0.0270. The minimum absolute atomic E-state index is 0.886. The zero-order chi connectivity index (χ0) is 25.6. The van der Waals surface area contributed by atoms with Crippen LogP contribution in [0.1, 0.15) is 18.1 Å². The van der Waals surface area contributed by atoms with Crippen molar-refractivity contribution in [3.05, 3.63) is 133 Å². The van der Waals surface area contributed by atoms with Gasteiger partial charge < -0.3 is 4.42 Å². The Labute approximate surface area is 222 Å².